The Labute approximate surface area is 97.0 Å². The Hall–Kier alpha value is -0.950. The van der Waals surface area contributed by atoms with Gasteiger partial charge in [0.2, 0.25) is 0 Å². The number of rotatable bonds is 3. The molecule has 0 unspecified atom stereocenters. The first-order chi connectivity index (χ1) is 7.64. The average Bonchev–Trinajstić information content (AvgIpc) is 2.15. The molecule has 98 valence electrons. The fourth-order valence-corrected chi connectivity index (χ4v) is 2.27. The Morgan fingerprint density at radius 2 is 2.06 bits per heavy atom. The van der Waals surface area contributed by atoms with Crippen LogP contribution in [0.3, 0.4) is 0 Å². The first-order valence-corrected chi connectivity index (χ1v) is 6.46. The number of phosphoric ester groups is 1. The van der Waals surface area contributed by atoms with Gasteiger partial charge in [-0.15, -0.1) is 0 Å². The third kappa shape index (κ3) is 3.78. The van der Waals surface area contributed by atoms with Crippen molar-refractivity contribution in [3.05, 3.63) is 0 Å². The Balaban J connectivity index is 2.70. The first-order valence-electron chi connectivity index (χ1n) is 4.93. The van der Waals surface area contributed by atoms with Crippen LogP contribution < -0.4 is 10.8 Å². The standard InChI is InChI=1S/C8H14NO7P/c9-8(7(11)12)3-1-2-5(4-8)6(10)16-17(13,14)15/h5H,1-4,9H2,(H,11,12)(H2,13,14,15)/p-1/t5-,8-/m1/s1. The van der Waals surface area contributed by atoms with Gasteiger partial charge < -0.3 is 20.2 Å². The normalized spacial score (nSPS) is 29.7. The van der Waals surface area contributed by atoms with E-state index >= 15 is 0 Å². The summed E-state index contributed by atoms with van der Waals surface area (Å²) in [5.74, 6) is -3.54. The monoisotopic (exact) mass is 266 g/mol. The molecule has 1 aliphatic carbocycles. The second-order valence-electron chi connectivity index (χ2n) is 4.14. The number of hydrogen-bond acceptors (Lipinski definition) is 6. The Kier molecular flexibility index (Phi) is 3.93. The number of carbonyl (C=O) groups excluding carboxylic acids is 2. The average molecular weight is 266 g/mol. The van der Waals surface area contributed by atoms with E-state index in [0.29, 0.717) is 6.42 Å². The van der Waals surface area contributed by atoms with Crippen molar-refractivity contribution < 1.29 is 33.6 Å². The highest BCUT2D eigenvalue weighted by molar-refractivity contribution is 7.46. The summed E-state index contributed by atoms with van der Waals surface area (Å²) in [7, 11) is -4.91. The van der Waals surface area contributed by atoms with Gasteiger partial charge in [0.25, 0.3) is 0 Å². The minimum absolute atomic E-state index is 0.162. The third-order valence-electron chi connectivity index (χ3n) is 2.73. The maximum atomic E-state index is 11.3. The first kappa shape index (κ1) is 14.1. The summed E-state index contributed by atoms with van der Waals surface area (Å²) in [5, 5.41) is 10.8. The van der Waals surface area contributed by atoms with Gasteiger partial charge in [-0.3, -0.25) is 14.6 Å². The van der Waals surface area contributed by atoms with E-state index in [-0.39, 0.29) is 19.3 Å². The molecule has 1 aliphatic rings. The van der Waals surface area contributed by atoms with Crippen molar-refractivity contribution in [1.29, 1.82) is 0 Å². The molecule has 4 N–H and O–H groups in total. The van der Waals surface area contributed by atoms with E-state index in [1.165, 1.54) is 0 Å². The fraction of sp³-hybridized carbons (Fsp3) is 0.750. The van der Waals surface area contributed by atoms with E-state index in [4.69, 9.17) is 15.5 Å². The Morgan fingerprint density at radius 1 is 1.47 bits per heavy atom. The molecule has 0 saturated heterocycles. The summed E-state index contributed by atoms with van der Waals surface area (Å²) in [5.41, 5.74) is 3.89. The van der Waals surface area contributed by atoms with Crippen LogP contribution in [0.25, 0.3) is 0 Å². The van der Waals surface area contributed by atoms with E-state index in [2.05, 4.69) is 4.52 Å². The van der Waals surface area contributed by atoms with Gasteiger partial charge >= 0.3 is 13.8 Å². The maximum absolute atomic E-state index is 11.3. The molecule has 0 aromatic heterocycles. The molecule has 0 aliphatic heterocycles. The van der Waals surface area contributed by atoms with Gasteiger partial charge in [0.1, 0.15) is 0 Å². The van der Waals surface area contributed by atoms with Crippen molar-refractivity contribution >= 4 is 19.8 Å². The minimum Gasteiger partial charge on any atom is -0.548 e. The Bertz CT molecular complexity index is 378. The lowest BCUT2D eigenvalue weighted by Crippen LogP contribution is -2.58. The van der Waals surface area contributed by atoms with E-state index in [0.717, 1.165) is 0 Å². The molecule has 0 aromatic rings. The largest absolute Gasteiger partial charge is 0.548 e. The number of aliphatic carboxylic acids is 1. The van der Waals surface area contributed by atoms with Gasteiger partial charge in [0, 0.05) is 0 Å². The highest BCUT2D eigenvalue weighted by atomic mass is 31.2. The zero-order valence-electron chi connectivity index (χ0n) is 8.87. The molecule has 0 amide bonds. The predicted octanol–water partition coefficient (Wildman–Crippen LogP) is -1.74. The number of phosphoric acid groups is 1. The minimum atomic E-state index is -4.91. The van der Waals surface area contributed by atoms with Gasteiger partial charge in [-0.2, -0.15) is 0 Å². The number of nitrogens with two attached hydrogens (primary N) is 1. The van der Waals surface area contributed by atoms with Crippen LogP contribution in [0.4, 0.5) is 0 Å². The zero-order valence-corrected chi connectivity index (χ0v) is 9.76. The van der Waals surface area contributed by atoms with Crippen molar-refractivity contribution in [2.45, 2.75) is 31.2 Å². The van der Waals surface area contributed by atoms with Gasteiger partial charge in [-0.25, -0.2) is 4.57 Å². The number of carboxylic acid groups (broad SMARTS) is 1. The van der Waals surface area contributed by atoms with Crippen LogP contribution in [0, 0.1) is 5.92 Å². The second kappa shape index (κ2) is 4.73. The molecule has 1 rings (SSSR count). The van der Waals surface area contributed by atoms with Gasteiger partial charge in [0.05, 0.1) is 17.4 Å². The smallest absolute Gasteiger partial charge is 0.526 e. The van der Waals surface area contributed by atoms with E-state index < -0.39 is 31.2 Å². The molecular formula is C8H13NO7P-. The molecule has 0 bridgehead atoms. The van der Waals surface area contributed by atoms with Crippen molar-refractivity contribution in [2.24, 2.45) is 11.7 Å². The number of carbonyl (C=O) groups is 2. The van der Waals surface area contributed by atoms with E-state index in [1.54, 1.807) is 0 Å². The number of hydrogen-bond donors (Lipinski definition) is 3. The van der Waals surface area contributed by atoms with Gasteiger partial charge in [0.15, 0.2) is 0 Å². The van der Waals surface area contributed by atoms with Crippen molar-refractivity contribution in [3.63, 3.8) is 0 Å². The molecule has 1 fully saturated rings. The summed E-state index contributed by atoms with van der Waals surface area (Å²) in [6, 6.07) is 0. The molecule has 9 heteroatoms. The molecule has 2 atom stereocenters. The fourth-order valence-electron chi connectivity index (χ4n) is 1.89. The van der Waals surface area contributed by atoms with Crippen LogP contribution in [0.5, 0.6) is 0 Å². The predicted molar refractivity (Wildman–Crippen MR) is 52.0 cm³/mol. The van der Waals surface area contributed by atoms with E-state index in [9.17, 15) is 19.3 Å². The quantitative estimate of drug-likeness (QED) is 0.509. The van der Waals surface area contributed by atoms with Crippen LogP contribution >= 0.6 is 7.82 Å². The highest BCUT2D eigenvalue weighted by Gasteiger charge is 2.39. The lowest BCUT2D eigenvalue weighted by Gasteiger charge is -2.37. The van der Waals surface area contributed by atoms with Crippen molar-refractivity contribution in [3.8, 4) is 0 Å². The lowest BCUT2D eigenvalue weighted by molar-refractivity contribution is -0.314. The molecule has 0 radical (unpaired) electrons. The van der Waals surface area contributed by atoms with Crippen LogP contribution in [0.15, 0.2) is 0 Å². The molecular weight excluding hydrogens is 253 g/mol. The number of carboxylic acids is 1. The Morgan fingerprint density at radius 3 is 2.53 bits per heavy atom. The van der Waals surface area contributed by atoms with Crippen LogP contribution in [0.2, 0.25) is 0 Å². The van der Waals surface area contributed by atoms with Crippen LogP contribution in [-0.2, 0) is 18.7 Å². The van der Waals surface area contributed by atoms with Crippen LogP contribution in [0.1, 0.15) is 25.7 Å². The summed E-state index contributed by atoms with van der Waals surface area (Å²) in [6.45, 7) is 0. The summed E-state index contributed by atoms with van der Waals surface area (Å²) in [6.07, 6.45) is 0.555. The maximum Gasteiger partial charge on any atom is 0.526 e. The van der Waals surface area contributed by atoms with Gasteiger partial charge in [-0.05, 0) is 19.3 Å². The molecule has 8 nitrogen and oxygen atoms in total. The molecule has 0 aromatic carbocycles. The molecule has 0 spiro atoms. The molecule has 0 heterocycles. The lowest BCUT2D eigenvalue weighted by atomic mass is 9.76. The second-order valence-corrected chi connectivity index (χ2v) is 5.30. The van der Waals surface area contributed by atoms with Crippen molar-refractivity contribution in [1.82, 2.24) is 0 Å². The summed E-state index contributed by atoms with van der Waals surface area (Å²) in [4.78, 5) is 39.1. The van der Waals surface area contributed by atoms with Crippen LogP contribution in [-0.4, -0.2) is 27.3 Å². The zero-order chi connectivity index (χ0) is 13.3. The topological polar surface area (TPSA) is 150 Å². The molecule has 17 heavy (non-hydrogen) atoms. The van der Waals surface area contributed by atoms with E-state index in [1.807, 2.05) is 0 Å². The molecule has 1 saturated carbocycles. The summed E-state index contributed by atoms with van der Waals surface area (Å²) >= 11 is 0. The van der Waals surface area contributed by atoms with Crippen molar-refractivity contribution in [2.75, 3.05) is 0 Å². The van der Waals surface area contributed by atoms with Gasteiger partial charge in [-0.1, -0.05) is 6.42 Å². The summed E-state index contributed by atoms with van der Waals surface area (Å²) < 4.78 is 14.4. The SMILES string of the molecule is N[C@]1(C(=O)[O-])CCC[C@@H](C(=O)OP(=O)(O)O)C1. The highest BCUT2D eigenvalue weighted by Crippen LogP contribution is 2.40. The third-order valence-corrected chi connectivity index (χ3v) is 3.15.